The van der Waals surface area contributed by atoms with Gasteiger partial charge < -0.3 is 14.6 Å². The molecule has 6 nitrogen and oxygen atoms in total. The monoisotopic (exact) mass is 458 g/mol. The summed E-state index contributed by atoms with van der Waals surface area (Å²) in [5, 5.41) is 5.87. The molecule has 0 aliphatic rings. The summed E-state index contributed by atoms with van der Waals surface area (Å²) in [5.74, 6) is 1.38. The summed E-state index contributed by atoms with van der Waals surface area (Å²) in [6.45, 7) is 0. The molecular weight excluding hydrogens is 440 g/mol. The molecule has 0 spiro atoms. The van der Waals surface area contributed by atoms with E-state index in [1.165, 1.54) is 22.7 Å². The van der Waals surface area contributed by atoms with Gasteiger partial charge in [-0.25, -0.2) is 9.97 Å². The van der Waals surface area contributed by atoms with Gasteiger partial charge in [0, 0.05) is 24.8 Å². The first-order chi connectivity index (χ1) is 14.5. The summed E-state index contributed by atoms with van der Waals surface area (Å²) in [5.41, 5.74) is 1.65. The quantitative estimate of drug-likeness (QED) is 0.435. The molecule has 1 unspecified atom stereocenters. The van der Waals surface area contributed by atoms with E-state index in [-0.39, 0.29) is 18.4 Å². The van der Waals surface area contributed by atoms with E-state index >= 15 is 0 Å². The fourth-order valence-electron chi connectivity index (χ4n) is 3.06. The van der Waals surface area contributed by atoms with E-state index in [9.17, 15) is 4.79 Å². The summed E-state index contributed by atoms with van der Waals surface area (Å²) in [6, 6.07) is 11.0. The standard InChI is InChI=1S/C21H19ClN4O2S2/c1-26-10-9-23-20(26)19(13-3-5-15(28-2)6-4-13)25-18(27)11-14-12-29-21(24-14)16-7-8-17(22)30-16/h3-10,12,19H,11H2,1-2H3,(H,25,27). The summed E-state index contributed by atoms with van der Waals surface area (Å²) < 4.78 is 7.86. The summed E-state index contributed by atoms with van der Waals surface area (Å²) in [4.78, 5) is 22.9. The van der Waals surface area contributed by atoms with E-state index in [0.29, 0.717) is 0 Å². The number of benzene rings is 1. The Morgan fingerprint density at radius 1 is 1.27 bits per heavy atom. The summed E-state index contributed by atoms with van der Waals surface area (Å²) in [7, 11) is 3.53. The number of nitrogens with one attached hydrogen (secondary N) is 1. The first-order valence-electron chi connectivity index (χ1n) is 9.14. The van der Waals surface area contributed by atoms with Gasteiger partial charge in [-0.15, -0.1) is 22.7 Å². The number of carbonyl (C=O) groups is 1. The van der Waals surface area contributed by atoms with Crippen LogP contribution in [0.25, 0.3) is 9.88 Å². The average molecular weight is 459 g/mol. The first-order valence-corrected chi connectivity index (χ1v) is 11.2. The van der Waals surface area contributed by atoms with Crippen molar-refractivity contribution in [1.82, 2.24) is 19.9 Å². The number of ether oxygens (including phenoxy) is 1. The Bertz CT molecular complexity index is 1150. The van der Waals surface area contributed by atoms with Crippen molar-refractivity contribution in [2.45, 2.75) is 12.5 Å². The van der Waals surface area contributed by atoms with Crippen molar-refractivity contribution in [2.24, 2.45) is 7.05 Å². The van der Waals surface area contributed by atoms with Crippen LogP contribution in [0.4, 0.5) is 0 Å². The molecule has 1 atom stereocenters. The molecule has 3 heterocycles. The molecule has 30 heavy (non-hydrogen) atoms. The van der Waals surface area contributed by atoms with Crippen LogP contribution in [0.3, 0.4) is 0 Å². The molecule has 0 aliphatic carbocycles. The molecule has 154 valence electrons. The molecule has 0 fully saturated rings. The number of imidazole rings is 1. The van der Waals surface area contributed by atoms with Gasteiger partial charge in [-0.2, -0.15) is 0 Å². The number of thiazole rings is 1. The molecule has 0 radical (unpaired) electrons. The Morgan fingerprint density at radius 3 is 2.70 bits per heavy atom. The molecule has 1 amide bonds. The minimum atomic E-state index is -0.377. The second kappa shape index (κ2) is 8.99. The average Bonchev–Trinajstić information content (AvgIpc) is 3.48. The highest BCUT2D eigenvalue weighted by molar-refractivity contribution is 7.23. The largest absolute Gasteiger partial charge is 0.497 e. The maximum Gasteiger partial charge on any atom is 0.226 e. The maximum absolute atomic E-state index is 12.8. The fourth-order valence-corrected chi connectivity index (χ4v) is 4.99. The second-order valence-corrected chi connectivity index (χ2v) is 9.17. The Balaban J connectivity index is 1.52. The van der Waals surface area contributed by atoms with E-state index in [2.05, 4.69) is 15.3 Å². The summed E-state index contributed by atoms with van der Waals surface area (Å²) in [6.07, 6.45) is 3.76. The lowest BCUT2D eigenvalue weighted by molar-refractivity contribution is -0.121. The number of hydrogen-bond donors (Lipinski definition) is 1. The molecule has 4 rings (SSSR count). The van der Waals surface area contributed by atoms with Crippen LogP contribution < -0.4 is 10.1 Å². The predicted molar refractivity (Wildman–Crippen MR) is 120 cm³/mol. The van der Waals surface area contributed by atoms with E-state index in [1.807, 2.05) is 59.6 Å². The van der Waals surface area contributed by atoms with Gasteiger partial charge in [-0.1, -0.05) is 23.7 Å². The van der Waals surface area contributed by atoms with Crippen LogP contribution in [0, 0.1) is 0 Å². The van der Waals surface area contributed by atoms with Crippen LogP contribution in [0.1, 0.15) is 23.1 Å². The summed E-state index contributed by atoms with van der Waals surface area (Å²) >= 11 is 9.00. The number of halogens is 1. The van der Waals surface area contributed by atoms with Crippen LogP contribution in [-0.2, 0) is 18.3 Å². The smallest absolute Gasteiger partial charge is 0.226 e. The number of nitrogens with zero attached hydrogens (tertiary/aromatic N) is 3. The van der Waals surface area contributed by atoms with E-state index in [0.717, 1.165) is 37.1 Å². The van der Waals surface area contributed by atoms with Crippen LogP contribution >= 0.6 is 34.3 Å². The molecule has 3 aromatic heterocycles. The van der Waals surface area contributed by atoms with E-state index in [1.54, 1.807) is 13.3 Å². The van der Waals surface area contributed by atoms with Crippen molar-refractivity contribution >= 4 is 40.2 Å². The first kappa shape index (κ1) is 20.6. The number of hydrogen-bond acceptors (Lipinski definition) is 6. The molecule has 0 aliphatic heterocycles. The number of aryl methyl sites for hydroxylation is 1. The van der Waals surface area contributed by atoms with Gasteiger partial charge in [0.1, 0.15) is 22.6 Å². The van der Waals surface area contributed by atoms with Gasteiger partial charge >= 0.3 is 0 Å². The number of carbonyl (C=O) groups excluding carboxylic acids is 1. The number of amides is 1. The number of methoxy groups -OCH3 is 1. The number of thiophene rings is 1. The minimum Gasteiger partial charge on any atom is -0.497 e. The Kier molecular flexibility index (Phi) is 6.17. The lowest BCUT2D eigenvalue weighted by Crippen LogP contribution is -2.32. The zero-order valence-electron chi connectivity index (χ0n) is 16.3. The van der Waals surface area contributed by atoms with E-state index < -0.39 is 0 Å². The zero-order chi connectivity index (χ0) is 21.1. The highest BCUT2D eigenvalue weighted by atomic mass is 35.5. The van der Waals surface area contributed by atoms with Gasteiger partial charge in [0.25, 0.3) is 0 Å². The lowest BCUT2D eigenvalue weighted by Gasteiger charge is -2.19. The van der Waals surface area contributed by atoms with Gasteiger partial charge in [-0.05, 0) is 29.8 Å². The predicted octanol–water partition coefficient (Wildman–Crippen LogP) is 4.72. The molecule has 1 N–H and O–H groups in total. The lowest BCUT2D eigenvalue weighted by atomic mass is 10.1. The third-order valence-electron chi connectivity index (χ3n) is 4.55. The van der Waals surface area contributed by atoms with Gasteiger partial charge in [0.15, 0.2) is 0 Å². The van der Waals surface area contributed by atoms with Crippen molar-refractivity contribution < 1.29 is 9.53 Å². The maximum atomic E-state index is 12.8. The second-order valence-electron chi connectivity index (χ2n) is 6.59. The van der Waals surface area contributed by atoms with Crippen LogP contribution in [0.2, 0.25) is 4.34 Å². The number of rotatable bonds is 7. The van der Waals surface area contributed by atoms with Crippen LogP contribution in [-0.4, -0.2) is 27.6 Å². The van der Waals surface area contributed by atoms with Gasteiger partial charge in [0.05, 0.1) is 28.4 Å². The Morgan fingerprint density at radius 2 is 2.07 bits per heavy atom. The zero-order valence-corrected chi connectivity index (χ0v) is 18.7. The van der Waals surface area contributed by atoms with Gasteiger partial charge in [0.2, 0.25) is 5.91 Å². The van der Waals surface area contributed by atoms with Crippen molar-refractivity contribution in [1.29, 1.82) is 0 Å². The molecule has 9 heteroatoms. The topological polar surface area (TPSA) is 69.0 Å². The molecule has 1 aromatic carbocycles. The normalized spacial score (nSPS) is 12.0. The van der Waals surface area contributed by atoms with Crippen molar-refractivity contribution in [3.8, 4) is 15.6 Å². The highest BCUT2D eigenvalue weighted by Gasteiger charge is 2.21. The highest BCUT2D eigenvalue weighted by Crippen LogP contribution is 2.33. The Labute approximate surface area is 187 Å². The van der Waals surface area contributed by atoms with Crippen molar-refractivity contribution in [3.63, 3.8) is 0 Å². The third kappa shape index (κ3) is 4.56. The fraction of sp³-hybridized carbons (Fsp3) is 0.190. The van der Waals surface area contributed by atoms with Crippen LogP contribution in [0.15, 0.2) is 54.2 Å². The third-order valence-corrected chi connectivity index (χ3v) is 6.84. The van der Waals surface area contributed by atoms with Crippen LogP contribution in [0.5, 0.6) is 5.75 Å². The number of aromatic nitrogens is 3. The molecule has 0 saturated heterocycles. The molecule has 0 bridgehead atoms. The van der Waals surface area contributed by atoms with Gasteiger partial charge in [-0.3, -0.25) is 4.79 Å². The van der Waals surface area contributed by atoms with Crippen molar-refractivity contribution in [2.75, 3.05) is 7.11 Å². The molecule has 4 aromatic rings. The minimum absolute atomic E-state index is 0.125. The molecular formula is C21H19ClN4O2S2. The SMILES string of the molecule is COc1ccc(C(NC(=O)Cc2csc(-c3ccc(Cl)s3)n2)c2nccn2C)cc1. The molecule has 0 saturated carbocycles. The Hall–Kier alpha value is -2.68. The van der Waals surface area contributed by atoms with E-state index in [4.69, 9.17) is 16.3 Å². The van der Waals surface area contributed by atoms with Crippen molar-refractivity contribution in [3.05, 3.63) is 75.6 Å².